The van der Waals surface area contributed by atoms with Crippen LogP contribution in [0.1, 0.15) is 18.4 Å². The Balaban J connectivity index is 1.80. The number of hydrogen-bond donors (Lipinski definition) is 2. The lowest BCUT2D eigenvalue weighted by atomic mass is 10.0. The summed E-state index contributed by atoms with van der Waals surface area (Å²) in [6.07, 6.45) is 1.95. The largest absolute Gasteiger partial charge is 0.334 e. The number of nitrogens with zero attached hydrogens (tertiary/aromatic N) is 1. The Morgan fingerprint density at radius 2 is 2.05 bits per heavy atom. The van der Waals surface area contributed by atoms with Gasteiger partial charge in [0.15, 0.2) is 0 Å². The summed E-state index contributed by atoms with van der Waals surface area (Å²) in [6.45, 7) is 2.69. The van der Waals surface area contributed by atoms with Gasteiger partial charge in [0, 0.05) is 19.1 Å². The molecule has 114 valence electrons. The van der Waals surface area contributed by atoms with E-state index < -0.39 is 11.9 Å². The van der Waals surface area contributed by atoms with Crippen molar-refractivity contribution in [1.82, 2.24) is 15.5 Å². The van der Waals surface area contributed by atoms with Crippen LogP contribution in [0.25, 0.3) is 0 Å². The van der Waals surface area contributed by atoms with Gasteiger partial charge in [-0.2, -0.15) is 0 Å². The fraction of sp³-hybridized carbons (Fsp3) is 0.467. The number of urea groups is 1. The second kappa shape index (κ2) is 8.00. The number of halogens is 1. The summed E-state index contributed by atoms with van der Waals surface area (Å²) in [6, 6.07) is 9.85. The molecular weight excluding hydrogens is 290 g/mol. The number of hydrogen-bond acceptors (Lipinski definition) is 3. The normalized spacial score (nSPS) is 19.0. The first kappa shape index (κ1) is 15.8. The van der Waals surface area contributed by atoms with Crippen LogP contribution in [0.3, 0.4) is 0 Å². The average molecular weight is 310 g/mol. The molecule has 0 bridgehead atoms. The summed E-state index contributed by atoms with van der Waals surface area (Å²) in [5.41, 5.74) is 1.26. The Hall–Kier alpha value is -1.59. The summed E-state index contributed by atoms with van der Waals surface area (Å²) in [5, 5.41) is 5.03. The third-order valence-electron chi connectivity index (χ3n) is 3.46. The third kappa shape index (κ3) is 5.36. The number of nitrogens with one attached hydrogen (secondary N) is 2. The van der Waals surface area contributed by atoms with Gasteiger partial charge in [0.25, 0.3) is 0 Å². The van der Waals surface area contributed by atoms with Gasteiger partial charge in [-0.1, -0.05) is 30.3 Å². The molecule has 0 aliphatic carbocycles. The van der Waals surface area contributed by atoms with Gasteiger partial charge >= 0.3 is 6.03 Å². The summed E-state index contributed by atoms with van der Waals surface area (Å²) < 4.78 is 0. The summed E-state index contributed by atoms with van der Waals surface area (Å²) in [4.78, 5) is 25.0. The molecule has 1 saturated heterocycles. The van der Waals surface area contributed by atoms with Crippen LogP contribution in [-0.4, -0.2) is 41.8 Å². The van der Waals surface area contributed by atoms with E-state index in [1.54, 1.807) is 0 Å². The van der Waals surface area contributed by atoms with Crippen LogP contribution >= 0.6 is 11.6 Å². The van der Waals surface area contributed by atoms with Gasteiger partial charge in [-0.15, -0.1) is 11.6 Å². The van der Waals surface area contributed by atoms with E-state index in [2.05, 4.69) is 27.7 Å². The molecule has 1 aliphatic rings. The molecule has 1 unspecified atom stereocenters. The van der Waals surface area contributed by atoms with Crippen LogP contribution in [0.4, 0.5) is 4.79 Å². The van der Waals surface area contributed by atoms with Gasteiger partial charge < -0.3 is 5.32 Å². The minimum absolute atomic E-state index is 0.0607. The van der Waals surface area contributed by atoms with Crippen molar-refractivity contribution in [3.63, 3.8) is 0 Å². The summed E-state index contributed by atoms with van der Waals surface area (Å²) in [7, 11) is 0. The van der Waals surface area contributed by atoms with Crippen molar-refractivity contribution in [1.29, 1.82) is 0 Å². The van der Waals surface area contributed by atoms with Crippen LogP contribution < -0.4 is 10.6 Å². The molecule has 1 aromatic carbocycles. The van der Waals surface area contributed by atoms with Crippen LogP contribution in [0.2, 0.25) is 0 Å². The number of amides is 3. The van der Waals surface area contributed by atoms with Crippen LogP contribution in [0, 0.1) is 0 Å². The van der Waals surface area contributed by atoms with Crippen LogP contribution in [0.15, 0.2) is 30.3 Å². The van der Waals surface area contributed by atoms with Crippen molar-refractivity contribution >= 4 is 23.5 Å². The van der Waals surface area contributed by atoms with Crippen molar-refractivity contribution in [2.45, 2.75) is 25.4 Å². The van der Waals surface area contributed by atoms with Crippen molar-refractivity contribution in [3.8, 4) is 0 Å². The van der Waals surface area contributed by atoms with E-state index in [0.717, 1.165) is 32.5 Å². The number of rotatable bonds is 4. The Morgan fingerprint density at radius 1 is 1.29 bits per heavy atom. The summed E-state index contributed by atoms with van der Waals surface area (Å²) in [5.74, 6) is -0.691. The molecule has 0 saturated carbocycles. The van der Waals surface area contributed by atoms with Gasteiger partial charge in [0.05, 0.1) is 0 Å². The molecule has 1 aliphatic heterocycles. The molecule has 0 spiro atoms. The zero-order valence-corrected chi connectivity index (χ0v) is 12.6. The van der Waals surface area contributed by atoms with E-state index in [4.69, 9.17) is 11.6 Å². The zero-order chi connectivity index (χ0) is 15.1. The lowest BCUT2D eigenvalue weighted by Crippen LogP contribution is -2.51. The van der Waals surface area contributed by atoms with E-state index in [1.807, 2.05) is 18.2 Å². The van der Waals surface area contributed by atoms with E-state index in [0.29, 0.717) is 0 Å². The standard InChI is InChI=1S/C15H20ClN3O2/c16-9-14(20)18-15(21)17-13-7-4-8-19(11-13)10-12-5-2-1-3-6-12/h1-3,5-6,13H,4,7-11H2,(H2,17,18,20,21). The highest BCUT2D eigenvalue weighted by Crippen LogP contribution is 2.13. The van der Waals surface area contributed by atoms with Gasteiger partial charge in [-0.25, -0.2) is 4.79 Å². The molecule has 1 heterocycles. The molecule has 0 aromatic heterocycles. The Kier molecular flexibility index (Phi) is 6.02. The predicted octanol–water partition coefficient (Wildman–Crippen LogP) is 1.72. The van der Waals surface area contributed by atoms with Crippen LogP contribution in [-0.2, 0) is 11.3 Å². The van der Waals surface area contributed by atoms with E-state index in [1.165, 1.54) is 5.56 Å². The first-order valence-electron chi connectivity index (χ1n) is 7.10. The Morgan fingerprint density at radius 3 is 2.76 bits per heavy atom. The molecular formula is C15H20ClN3O2. The predicted molar refractivity (Wildman–Crippen MR) is 82.1 cm³/mol. The quantitative estimate of drug-likeness (QED) is 0.833. The van der Waals surface area contributed by atoms with Gasteiger partial charge in [0.2, 0.25) is 5.91 Å². The number of carbonyl (C=O) groups excluding carboxylic acids is 2. The molecule has 1 atom stereocenters. The van der Waals surface area contributed by atoms with E-state index >= 15 is 0 Å². The van der Waals surface area contributed by atoms with Crippen molar-refractivity contribution < 1.29 is 9.59 Å². The monoisotopic (exact) mass is 309 g/mol. The molecule has 1 aromatic rings. The van der Waals surface area contributed by atoms with Gasteiger partial charge in [-0.05, 0) is 24.9 Å². The van der Waals surface area contributed by atoms with E-state index in [9.17, 15) is 9.59 Å². The number of likely N-dealkylation sites (tertiary alicyclic amines) is 1. The molecule has 5 nitrogen and oxygen atoms in total. The maximum atomic E-state index is 11.6. The molecule has 2 N–H and O–H groups in total. The number of benzene rings is 1. The number of alkyl halides is 1. The lowest BCUT2D eigenvalue weighted by Gasteiger charge is -2.33. The highest BCUT2D eigenvalue weighted by atomic mass is 35.5. The number of imide groups is 1. The van der Waals surface area contributed by atoms with Crippen LogP contribution in [0.5, 0.6) is 0 Å². The maximum Gasteiger partial charge on any atom is 0.321 e. The molecule has 1 fully saturated rings. The lowest BCUT2D eigenvalue weighted by molar-refractivity contribution is -0.117. The minimum atomic E-state index is -0.480. The summed E-state index contributed by atoms with van der Waals surface area (Å²) >= 11 is 5.35. The average Bonchev–Trinajstić information content (AvgIpc) is 2.48. The third-order valence-corrected chi connectivity index (χ3v) is 3.71. The van der Waals surface area contributed by atoms with E-state index in [-0.39, 0.29) is 11.9 Å². The molecule has 2 rings (SSSR count). The first-order valence-corrected chi connectivity index (χ1v) is 7.63. The second-order valence-electron chi connectivity index (χ2n) is 5.22. The van der Waals surface area contributed by atoms with Gasteiger partial charge in [-0.3, -0.25) is 15.0 Å². The second-order valence-corrected chi connectivity index (χ2v) is 5.48. The minimum Gasteiger partial charge on any atom is -0.334 e. The number of carbonyl (C=O) groups is 2. The molecule has 0 radical (unpaired) electrons. The first-order chi connectivity index (χ1) is 10.2. The maximum absolute atomic E-state index is 11.6. The molecule has 3 amide bonds. The molecule has 6 heteroatoms. The fourth-order valence-corrected chi connectivity index (χ4v) is 2.61. The Labute approximate surface area is 129 Å². The number of piperidine rings is 1. The van der Waals surface area contributed by atoms with Crippen molar-refractivity contribution in [3.05, 3.63) is 35.9 Å². The van der Waals surface area contributed by atoms with Crippen molar-refractivity contribution in [2.75, 3.05) is 19.0 Å². The zero-order valence-electron chi connectivity index (χ0n) is 11.8. The highest BCUT2D eigenvalue weighted by Gasteiger charge is 2.21. The van der Waals surface area contributed by atoms with Gasteiger partial charge in [0.1, 0.15) is 5.88 Å². The topological polar surface area (TPSA) is 61.4 Å². The smallest absolute Gasteiger partial charge is 0.321 e. The molecule has 21 heavy (non-hydrogen) atoms. The Bertz CT molecular complexity index is 481. The highest BCUT2D eigenvalue weighted by molar-refractivity contribution is 6.28. The SMILES string of the molecule is O=C(CCl)NC(=O)NC1CCCN(Cc2ccccc2)C1. The van der Waals surface area contributed by atoms with Crippen molar-refractivity contribution in [2.24, 2.45) is 0 Å². The fourth-order valence-electron chi connectivity index (χ4n) is 2.54.